The first-order valence-electron chi connectivity index (χ1n) is 5.28. The number of nitrogens with one attached hydrogen (secondary N) is 1. The van der Waals surface area contributed by atoms with Gasteiger partial charge in [0, 0.05) is 18.8 Å². The lowest BCUT2D eigenvalue weighted by molar-refractivity contribution is 0.301. The molecule has 2 aliphatic rings. The first-order valence-corrected chi connectivity index (χ1v) is 5.66. The van der Waals surface area contributed by atoms with E-state index in [1.54, 1.807) is 6.20 Å². The molecule has 1 aromatic rings. The molecule has 4 heteroatoms. The van der Waals surface area contributed by atoms with Crippen molar-refractivity contribution in [1.82, 2.24) is 10.3 Å². The minimum Gasteiger partial charge on any atom is -0.310 e. The Balaban J connectivity index is 1.96. The summed E-state index contributed by atoms with van der Waals surface area (Å²) in [7, 11) is 0. The molecule has 0 unspecified atom stereocenters. The average molecular weight is 232 g/mol. The predicted molar refractivity (Wildman–Crippen MR) is 61.8 cm³/mol. The van der Waals surface area contributed by atoms with E-state index in [4.69, 9.17) is 16.9 Å². The number of nitriles is 1. The van der Waals surface area contributed by atoms with Gasteiger partial charge in [0.05, 0.1) is 5.56 Å². The fourth-order valence-electron chi connectivity index (χ4n) is 2.30. The minimum absolute atomic E-state index is 0.283. The van der Waals surface area contributed by atoms with Crippen LogP contribution in [0.4, 0.5) is 0 Å². The smallest absolute Gasteiger partial charge is 0.146 e. The van der Waals surface area contributed by atoms with Gasteiger partial charge in [-0.05, 0) is 29.5 Å². The Morgan fingerprint density at radius 2 is 2.44 bits per heavy atom. The molecule has 1 N–H and O–H groups in total. The largest absolute Gasteiger partial charge is 0.310 e. The van der Waals surface area contributed by atoms with Crippen molar-refractivity contribution in [2.45, 2.75) is 12.5 Å². The van der Waals surface area contributed by atoms with E-state index < -0.39 is 0 Å². The number of halogens is 1. The maximum absolute atomic E-state index is 8.90. The molecular weight excluding hydrogens is 222 g/mol. The molecule has 0 aromatic carbocycles. The Hall–Kier alpha value is -1.37. The molecule has 1 aliphatic carbocycles. The second-order valence-corrected chi connectivity index (χ2v) is 4.62. The van der Waals surface area contributed by atoms with Gasteiger partial charge in [-0.1, -0.05) is 17.7 Å². The zero-order chi connectivity index (χ0) is 11.1. The molecule has 0 bridgehead atoms. The van der Waals surface area contributed by atoms with Crippen LogP contribution in [-0.2, 0) is 0 Å². The average Bonchev–Trinajstić information content (AvgIpc) is 2.56. The van der Waals surface area contributed by atoms with Gasteiger partial charge < -0.3 is 5.32 Å². The Morgan fingerprint density at radius 3 is 3.00 bits per heavy atom. The van der Waals surface area contributed by atoms with Gasteiger partial charge in [0.2, 0.25) is 0 Å². The van der Waals surface area contributed by atoms with Crippen LogP contribution in [0.15, 0.2) is 18.3 Å². The van der Waals surface area contributed by atoms with Gasteiger partial charge in [-0.15, -0.1) is 0 Å². The van der Waals surface area contributed by atoms with Crippen molar-refractivity contribution in [2.75, 3.05) is 6.54 Å². The van der Waals surface area contributed by atoms with E-state index in [1.165, 1.54) is 5.57 Å². The van der Waals surface area contributed by atoms with Crippen molar-refractivity contribution >= 4 is 17.2 Å². The molecule has 0 spiro atoms. The van der Waals surface area contributed by atoms with E-state index >= 15 is 0 Å². The normalized spacial score (nSPS) is 26.6. The molecule has 1 aromatic heterocycles. The summed E-state index contributed by atoms with van der Waals surface area (Å²) in [6, 6.07) is 4.41. The lowest BCUT2D eigenvalue weighted by atomic mass is 9.93. The predicted octanol–water partition coefficient (Wildman–Crippen LogP) is 1.98. The molecule has 80 valence electrons. The van der Waals surface area contributed by atoms with Gasteiger partial charge >= 0.3 is 0 Å². The zero-order valence-electron chi connectivity index (χ0n) is 8.57. The maximum atomic E-state index is 8.90. The lowest BCUT2D eigenvalue weighted by Gasteiger charge is -2.31. The number of aromatic nitrogens is 1. The van der Waals surface area contributed by atoms with Crippen LogP contribution in [-0.4, -0.2) is 17.6 Å². The topological polar surface area (TPSA) is 48.7 Å². The quantitative estimate of drug-likeness (QED) is 0.752. The lowest BCUT2D eigenvalue weighted by Crippen LogP contribution is -2.49. The third-order valence-electron chi connectivity index (χ3n) is 3.32. The fraction of sp³-hybridized carbons (Fsp3) is 0.333. The standard InChI is InChI=1S/C12H10ClN3/c13-12-8(4-14)2-9(5-16-12)7-1-10-6-15-11(10)3-7/h2-3,5,10-11,15H,1,6H2/t10-,11-/m0/s1. The molecule has 1 fully saturated rings. The summed E-state index contributed by atoms with van der Waals surface area (Å²) >= 11 is 5.81. The summed E-state index contributed by atoms with van der Waals surface area (Å²) in [5, 5.41) is 12.5. The fourth-order valence-corrected chi connectivity index (χ4v) is 2.44. The van der Waals surface area contributed by atoms with E-state index in [9.17, 15) is 0 Å². The van der Waals surface area contributed by atoms with Crippen LogP contribution in [0.3, 0.4) is 0 Å². The highest BCUT2D eigenvalue weighted by Crippen LogP contribution is 2.36. The van der Waals surface area contributed by atoms with Crippen molar-refractivity contribution < 1.29 is 0 Å². The minimum atomic E-state index is 0.283. The van der Waals surface area contributed by atoms with E-state index in [2.05, 4.69) is 22.4 Å². The first-order chi connectivity index (χ1) is 7.78. The van der Waals surface area contributed by atoms with Gasteiger partial charge in [-0.25, -0.2) is 4.98 Å². The summed E-state index contributed by atoms with van der Waals surface area (Å²) in [6.45, 7) is 1.09. The highest BCUT2D eigenvalue weighted by atomic mass is 35.5. The molecule has 3 nitrogen and oxygen atoms in total. The Labute approximate surface area is 98.8 Å². The van der Waals surface area contributed by atoms with Gasteiger partial charge in [0.25, 0.3) is 0 Å². The van der Waals surface area contributed by atoms with E-state index in [1.807, 2.05) is 6.07 Å². The number of hydrogen-bond acceptors (Lipinski definition) is 3. The summed E-state index contributed by atoms with van der Waals surface area (Å²) < 4.78 is 0. The number of pyridine rings is 1. The SMILES string of the molecule is N#Cc1cc(C2=C[C@@H]3NC[C@@H]3C2)cnc1Cl. The van der Waals surface area contributed by atoms with Gasteiger partial charge in [0.1, 0.15) is 11.2 Å². The van der Waals surface area contributed by atoms with Crippen molar-refractivity contribution in [1.29, 1.82) is 5.26 Å². The molecule has 1 saturated heterocycles. The zero-order valence-corrected chi connectivity index (χ0v) is 9.33. The maximum Gasteiger partial charge on any atom is 0.146 e. The summed E-state index contributed by atoms with van der Waals surface area (Å²) in [5.74, 6) is 0.733. The van der Waals surface area contributed by atoms with Crippen LogP contribution in [0.2, 0.25) is 5.15 Å². The van der Waals surface area contributed by atoms with Crippen molar-refractivity contribution in [3.8, 4) is 6.07 Å². The molecular formula is C12H10ClN3. The van der Waals surface area contributed by atoms with Crippen LogP contribution in [0.25, 0.3) is 5.57 Å². The molecule has 0 amide bonds. The molecule has 2 atom stereocenters. The number of hydrogen-bond donors (Lipinski definition) is 1. The van der Waals surface area contributed by atoms with Crippen molar-refractivity contribution in [3.63, 3.8) is 0 Å². The highest BCUT2D eigenvalue weighted by Gasteiger charge is 2.34. The molecule has 2 heterocycles. The molecule has 1 aliphatic heterocycles. The van der Waals surface area contributed by atoms with E-state index in [0.717, 1.165) is 24.4 Å². The second kappa shape index (κ2) is 3.58. The summed E-state index contributed by atoms with van der Waals surface area (Å²) in [5.41, 5.74) is 2.75. The van der Waals surface area contributed by atoms with Gasteiger partial charge in [-0.3, -0.25) is 0 Å². The van der Waals surface area contributed by atoms with Crippen molar-refractivity contribution in [2.24, 2.45) is 5.92 Å². The number of allylic oxidation sites excluding steroid dienone is 1. The summed E-state index contributed by atoms with van der Waals surface area (Å²) in [4.78, 5) is 4.05. The monoisotopic (exact) mass is 231 g/mol. The summed E-state index contributed by atoms with van der Waals surface area (Å²) in [6.07, 6.45) is 5.06. The number of nitrogens with zero attached hydrogens (tertiary/aromatic N) is 2. The molecule has 0 radical (unpaired) electrons. The number of fused-ring (bicyclic) bond motifs is 1. The first kappa shape index (κ1) is 9.83. The second-order valence-electron chi connectivity index (χ2n) is 4.26. The van der Waals surface area contributed by atoms with Crippen molar-refractivity contribution in [3.05, 3.63) is 34.6 Å². The van der Waals surface area contributed by atoms with Crippen LogP contribution >= 0.6 is 11.6 Å². The molecule has 16 heavy (non-hydrogen) atoms. The number of rotatable bonds is 1. The third-order valence-corrected chi connectivity index (χ3v) is 3.62. The van der Waals surface area contributed by atoms with Gasteiger partial charge in [-0.2, -0.15) is 5.26 Å². The Kier molecular flexibility index (Phi) is 2.20. The molecule has 3 rings (SSSR count). The van der Waals surface area contributed by atoms with Crippen LogP contribution in [0, 0.1) is 17.2 Å². The Bertz CT molecular complexity index is 515. The van der Waals surface area contributed by atoms with Gasteiger partial charge in [0.15, 0.2) is 0 Å². The third kappa shape index (κ3) is 1.42. The Morgan fingerprint density at radius 1 is 1.56 bits per heavy atom. The van der Waals surface area contributed by atoms with E-state index in [0.29, 0.717) is 11.6 Å². The van der Waals surface area contributed by atoms with Crippen LogP contribution in [0.1, 0.15) is 17.5 Å². The van der Waals surface area contributed by atoms with E-state index in [-0.39, 0.29) is 5.15 Å². The van der Waals surface area contributed by atoms with Crippen LogP contribution in [0.5, 0.6) is 0 Å². The van der Waals surface area contributed by atoms with Crippen LogP contribution < -0.4 is 5.32 Å². The highest BCUT2D eigenvalue weighted by molar-refractivity contribution is 6.30. The molecule has 0 saturated carbocycles.